The zero-order valence-corrected chi connectivity index (χ0v) is 25.7. The molecule has 0 unspecified atom stereocenters. The molecule has 0 spiro atoms. The zero-order valence-electron chi connectivity index (χ0n) is 23.7. The second-order valence-electron chi connectivity index (χ2n) is 11.6. The molecule has 0 heterocycles. The van der Waals surface area contributed by atoms with Gasteiger partial charge in [-0.05, 0) is 40.2 Å². The molecule has 0 aromatic heterocycles. The van der Waals surface area contributed by atoms with Crippen LogP contribution in [0.5, 0.6) is 0 Å². The first-order valence-electron chi connectivity index (χ1n) is 12.6. The molecule has 0 bridgehead atoms. The second kappa shape index (κ2) is 13.4. The highest BCUT2D eigenvalue weighted by Crippen LogP contribution is 2.48. The molecule has 1 N–H and O–H groups in total. The Bertz CT molecular complexity index is 479. The van der Waals surface area contributed by atoms with Crippen molar-refractivity contribution in [3.05, 3.63) is 0 Å². The van der Waals surface area contributed by atoms with Crippen LogP contribution in [0.4, 0.5) is 0 Å². The Kier molecular flexibility index (Phi) is 13.5. The Morgan fingerprint density at radius 3 is 1.34 bits per heavy atom. The van der Waals surface area contributed by atoms with E-state index in [1.54, 1.807) is 7.11 Å². The van der Waals surface area contributed by atoms with E-state index in [2.05, 4.69) is 90.0 Å². The van der Waals surface area contributed by atoms with Crippen molar-refractivity contribution in [2.45, 2.75) is 135 Å². The van der Waals surface area contributed by atoms with E-state index in [1.165, 1.54) is 0 Å². The van der Waals surface area contributed by atoms with Crippen LogP contribution in [0.15, 0.2) is 0 Å². The molecule has 0 saturated carbocycles. The van der Waals surface area contributed by atoms with Crippen molar-refractivity contribution in [3.63, 3.8) is 0 Å². The summed E-state index contributed by atoms with van der Waals surface area (Å²) in [5.41, 5.74) is 1.76. The number of rotatable bonds is 16. The molecule has 5 nitrogen and oxygen atoms in total. The van der Waals surface area contributed by atoms with Gasteiger partial charge in [0.2, 0.25) is 16.6 Å². The fraction of sp³-hybridized carbons (Fsp3) is 1.00. The molecule has 0 aromatic rings. The van der Waals surface area contributed by atoms with E-state index in [0.717, 1.165) is 0 Å². The minimum absolute atomic E-state index is 0.0908. The number of hydrogen-bond donors (Lipinski definition) is 1. The normalized spacial score (nSPS) is 16.8. The van der Waals surface area contributed by atoms with E-state index >= 15 is 0 Å². The third-order valence-electron chi connectivity index (χ3n) is 7.61. The first-order valence-corrected chi connectivity index (χ1v) is 16.9. The lowest BCUT2D eigenvalue weighted by Gasteiger charge is -2.53. The van der Waals surface area contributed by atoms with Gasteiger partial charge < -0.3 is 23.4 Å². The highest BCUT2D eigenvalue weighted by molar-refractivity contribution is 6.78. The van der Waals surface area contributed by atoms with Crippen LogP contribution in [0.2, 0.25) is 33.2 Å². The quantitative estimate of drug-likeness (QED) is 0.141. The van der Waals surface area contributed by atoms with Crippen molar-refractivity contribution < 1.29 is 23.4 Å². The summed E-state index contributed by atoms with van der Waals surface area (Å²) >= 11 is 0. The molecule has 2 atom stereocenters. The Morgan fingerprint density at radius 1 is 0.688 bits per heavy atom. The first-order chi connectivity index (χ1) is 14.6. The van der Waals surface area contributed by atoms with Crippen LogP contribution in [-0.2, 0) is 18.3 Å². The van der Waals surface area contributed by atoms with Crippen molar-refractivity contribution in [1.29, 1.82) is 0 Å². The predicted octanol–water partition coefficient (Wildman–Crippen LogP) is 7.11. The highest BCUT2D eigenvalue weighted by atomic mass is 28.4. The van der Waals surface area contributed by atoms with Gasteiger partial charge in [-0.15, -0.1) is 0 Å². The number of hydrogen-bond acceptors (Lipinski definition) is 5. The van der Waals surface area contributed by atoms with Gasteiger partial charge in [0.05, 0.1) is 19.3 Å². The van der Waals surface area contributed by atoms with E-state index in [-0.39, 0.29) is 13.4 Å². The van der Waals surface area contributed by atoms with E-state index in [4.69, 9.17) is 18.3 Å². The van der Waals surface area contributed by atoms with Gasteiger partial charge in [0.15, 0.2) is 0 Å². The van der Waals surface area contributed by atoms with Crippen molar-refractivity contribution >= 4 is 16.6 Å². The maximum atomic E-state index is 10.7. The lowest BCUT2D eigenvalue weighted by Crippen LogP contribution is -2.63. The highest BCUT2D eigenvalue weighted by Gasteiger charge is 2.55. The summed E-state index contributed by atoms with van der Waals surface area (Å²) in [7, 11) is -2.87. The van der Waals surface area contributed by atoms with Crippen molar-refractivity contribution in [2.75, 3.05) is 27.1 Å². The molecule has 0 aromatic carbocycles. The Balaban J connectivity index is 6.57. The smallest absolute Gasteiger partial charge is 0.201 e. The average molecular weight is 493 g/mol. The number of ether oxygens (including phenoxy) is 2. The zero-order chi connectivity index (χ0) is 25.5. The Labute approximate surface area is 202 Å². The minimum atomic E-state index is -2.26. The SMILES string of the molecule is COCOC[C@@](C)(O[Si](C(C)C)(C(C)C)C(C)C)[C@@H](CO)O[Si](C(C)C)(C(C)C)C(C)C. The summed E-state index contributed by atoms with van der Waals surface area (Å²) in [6, 6.07) is 0. The van der Waals surface area contributed by atoms with Gasteiger partial charge in [0.25, 0.3) is 0 Å². The van der Waals surface area contributed by atoms with Gasteiger partial charge in [-0.3, -0.25) is 0 Å². The summed E-state index contributed by atoms with van der Waals surface area (Å²) in [4.78, 5) is 0. The Morgan fingerprint density at radius 2 is 1.06 bits per heavy atom. The fourth-order valence-corrected chi connectivity index (χ4v) is 17.6. The van der Waals surface area contributed by atoms with Crippen LogP contribution in [-0.4, -0.2) is 60.6 Å². The van der Waals surface area contributed by atoms with Crippen molar-refractivity contribution in [2.24, 2.45) is 0 Å². The van der Waals surface area contributed by atoms with E-state index in [1.807, 2.05) is 0 Å². The van der Waals surface area contributed by atoms with Crippen molar-refractivity contribution in [1.82, 2.24) is 0 Å². The van der Waals surface area contributed by atoms with Gasteiger partial charge in [0.1, 0.15) is 12.4 Å². The summed E-state index contributed by atoms with van der Waals surface area (Å²) < 4.78 is 25.5. The largest absolute Gasteiger partial charge is 0.408 e. The summed E-state index contributed by atoms with van der Waals surface area (Å²) in [5, 5.41) is 10.7. The third-order valence-corrected chi connectivity index (χ3v) is 19.9. The summed E-state index contributed by atoms with van der Waals surface area (Å²) in [6.45, 7) is 29.9. The first kappa shape index (κ1) is 32.2. The third kappa shape index (κ3) is 6.89. The molecule has 0 amide bonds. The molecule has 0 aliphatic rings. The topological polar surface area (TPSA) is 57.2 Å². The van der Waals surface area contributed by atoms with E-state index in [9.17, 15) is 5.11 Å². The Hall–Kier alpha value is 0.234. The molecule has 7 heteroatoms. The van der Waals surface area contributed by atoms with Crippen LogP contribution in [0.3, 0.4) is 0 Å². The van der Waals surface area contributed by atoms with Crippen LogP contribution in [0.25, 0.3) is 0 Å². The maximum Gasteiger partial charge on any atom is 0.201 e. The molecule has 0 aliphatic carbocycles. The molecule has 32 heavy (non-hydrogen) atoms. The van der Waals surface area contributed by atoms with Crippen LogP contribution in [0.1, 0.15) is 90.0 Å². The monoisotopic (exact) mass is 492 g/mol. The number of aliphatic hydroxyl groups excluding tert-OH is 1. The molecule has 194 valence electrons. The van der Waals surface area contributed by atoms with Crippen molar-refractivity contribution in [3.8, 4) is 0 Å². The van der Waals surface area contributed by atoms with Crippen LogP contribution < -0.4 is 0 Å². The van der Waals surface area contributed by atoms with Gasteiger partial charge in [0, 0.05) is 7.11 Å². The standard InChI is InChI=1S/C25H56O5Si2/c1-18(2)31(19(3)4,20(5)6)29-24(15-26)25(13,16-28-17-27-14)30-32(21(7)8,22(9)10)23(11)12/h18-24,26H,15-17H2,1-14H3/t24-,25-/m1/s1. The molecule has 0 saturated heterocycles. The van der Waals surface area contributed by atoms with Crippen LogP contribution >= 0.6 is 0 Å². The molecule has 0 aliphatic heterocycles. The lowest BCUT2D eigenvalue weighted by atomic mass is 10.0. The molecular formula is C25H56O5Si2. The molecular weight excluding hydrogens is 436 g/mol. The number of methoxy groups -OCH3 is 1. The van der Waals surface area contributed by atoms with Gasteiger partial charge >= 0.3 is 0 Å². The molecule has 0 radical (unpaired) electrons. The van der Waals surface area contributed by atoms with Gasteiger partial charge in [-0.2, -0.15) is 0 Å². The minimum Gasteiger partial charge on any atom is -0.408 e. The van der Waals surface area contributed by atoms with E-state index in [0.29, 0.717) is 39.9 Å². The number of aliphatic hydroxyl groups is 1. The molecule has 0 rings (SSSR count). The molecule has 0 fully saturated rings. The second-order valence-corrected chi connectivity index (χ2v) is 22.4. The van der Waals surface area contributed by atoms with E-state index < -0.39 is 28.3 Å². The summed E-state index contributed by atoms with van der Waals surface area (Å²) in [6.07, 6.45) is -0.457. The lowest BCUT2D eigenvalue weighted by molar-refractivity contribution is -0.137. The maximum absolute atomic E-state index is 10.7. The summed E-state index contributed by atoms with van der Waals surface area (Å²) in [5.74, 6) is 0. The van der Waals surface area contributed by atoms with Gasteiger partial charge in [-0.25, -0.2) is 0 Å². The predicted molar refractivity (Wildman–Crippen MR) is 141 cm³/mol. The van der Waals surface area contributed by atoms with Gasteiger partial charge in [-0.1, -0.05) is 83.1 Å². The van der Waals surface area contributed by atoms with Crippen LogP contribution in [0, 0.1) is 0 Å². The average Bonchev–Trinajstić information content (AvgIpc) is 2.65. The fourth-order valence-electron chi connectivity index (χ4n) is 6.28.